The van der Waals surface area contributed by atoms with Crippen molar-refractivity contribution < 1.29 is 27.1 Å². The average molecular weight is 514 g/mol. The Morgan fingerprint density at radius 2 is 1.78 bits per heavy atom. The van der Waals surface area contributed by atoms with E-state index in [4.69, 9.17) is 20.8 Å². The molecule has 5 rings (SSSR count). The highest BCUT2D eigenvalue weighted by molar-refractivity contribution is 6.31. The zero-order valence-electron chi connectivity index (χ0n) is 18.9. The maximum absolute atomic E-state index is 13.6. The Morgan fingerprint density at radius 3 is 2.47 bits per heavy atom. The number of halogens is 4. The minimum atomic E-state index is -4.61. The predicted octanol–water partition coefficient (Wildman–Crippen LogP) is 7.00. The number of rotatable bonds is 5. The summed E-state index contributed by atoms with van der Waals surface area (Å²) < 4.78 is 51.9. The van der Waals surface area contributed by atoms with E-state index in [1.807, 2.05) is 6.92 Å². The Labute approximate surface area is 208 Å². The summed E-state index contributed by atoms with van der Waals surface area (Å²) in [6.45, 7) is 2.48. The van der Waals surface area contributed by atoms with E-state index < -0.39 is 29.1 Å². The summed E-state index contributed by atoms with van der Waals surface area (Å²) in [6.07, 6.45) is -3.80. The van der Waals surface area contributed by atoms with Crippen LogP contribution in [0, 0.1) is 0 Å². The molecule has 1 atom stereocenters. The van der Waals surface area contributed by atoms with Crippen molar-refractivity contribution >= 4 is 34.2 Å². The second-order valence-electron chi connectivity index (χ2n) is 8.36. The van der Waals surface area contributed by atoms with Gasteiger partial charge in [0.1, 0.15) is 11.3 Å². The van der Waals surface area contributed by atoms with Crippen LogP contribution in [0.25, 0.3) is 11.0 Å². The second kappa shape index (κ2) is 9.02. The SMILES string of the molecule is CCCOc1ccc(C2c3c(oc4ccc(Cl)cc4c3=O)C(=O)N2c2cccc(C(F)(F)F)c2)cc1. The van der Waals surface area contributed by atoms with E-state index >= 15 is 0 Å². The first-order chi connectivity index (χ1) is 17.2. The lowest BCUT2D eigenvalue weighted by Crippen LogP contribution is -2.29. The number of hydrogen-bond acceptors (Lipinski definition) is 4. The highest BCUT2D eigenvalue weighted by atomic mass is 35.5. The fourth-order valence-electron chi connectivity index (χ4n) is 4.33. The molecule has 1 amide bonds. The minimum absolute atomic E-state index is 0.0148. The Kier molecular flexibility index (Phi) is 6.00. The standard InChI is InChI=1S/C27H19ClF3NO4/c1-2-12-35-19-9-6-15(7-10-19)23-22-24(33)20-14-17(28)8-11-21(20)36-25(22)26(34)32(23)18-5-3-4-16(13-18)27(29,30)31/h3-11,13-14,23H,2,12H2,1H3. The lowest BCUT2D eigenvalue weighted by molar-refractivity contribution is -0.137. The molecule has 3 aromatic carbocycles. The van der Waals surface area contributed by atoms with Gasteiger partial charge in [0.25, 0.3) is 5.91 Å². The van der Waals surface area contributed by atoms with Crippen LogP contribution in [0.1, 0.15) is 46.6 Å². The van der Waals surface area contributed by atoms with Crippen molar-refractivity contribution in [3.05, 3.63) is 104 Å². The van der Waals surface area contributed by atoms with E-state index in [9.17, 15) is 22.8 Å². The fraction of sp³-hybridized carbons (Fsp3) is 0.185. The predicted molar refractivity (Wildman–Crippen MR) is 130 cm³/mol. The number of fused-ring (bicyclic) bond motifs is 2. The lowest BCUT2D eigenvalue weighted by Gasteiger charge is -2.26. The number of ether oxygens (including phenoxy) is 1. The van der Waals surface area contributed by atoms with Crippen LogP contribution in [0.5, 0.6) is 5.75 Å². The zero-order chi connectivity index (χ0) is 25.6. The van der Waals surface area contributed by atoms with Gasteiger partial charge in [0, 0.05) is 10.7 Å². The van der Waals surface area contributed by atoms with Crippen LogP contribution in [0.15, 0.2) is 75.9 Å². The molecule has 184 valence electrons. The van der Waals surface area contributed by atoms with Crippen molar-refractivity contribution in [3.8, 4) is 5.75 Å². The maximum atomic E-state index is 13.6. The molecule has 1 unspecified atom stereocenters. The van der Waals surface area contributed by atoms with Gasteiger partial charge in [-0.3, -0.25) is 14.5 Å². The van der Waals surface area contributed by atoms with Crippen LogP contribution < -0.4 is 15.1 Å². The summed E-state index contributed by atoms with van der Waals surface area (Å²) in [4.78, 5) is 28.3. The van der Waals surface area contributed by atoms with Gasteiger partial charge in [0.15, 0.2) is 5.43 Å². The highest BCUT2D eigenvalue weighted by Gasteiger charge is 2.44. The van der Waals surface area contributed by atoms with Crippen molar-refractivity contribution in [2.75, 3.05) is 11.5 Å². The van der Waals surface area contributed by atoms with Gasteiger partial charge in [-0.25, -0.2) is 0 Å². The van der Waals surface area contributed by atoms with Crippen LogP contribution in [-0.2, 0) is 6.18 Å². The van der Waals surface area contributed by atoms with Crippen LogP contribution in [0.4, 0.5) is 18.9 Å². The molecule has 1 aliphatic rings. The van der Waals surface area contributed by atoms with Crippen molar-refractivity contribution in [2.45, 2.75) is 25.6 Å². The molecule has 2 heterocycles. The number of carbonyl (C=O) groups is 1. The van der Waals surface area contributed by atoms with Gasteiger partial charge in [-0.15, -0.1) is 0 Å². The molecule has 1 aliphatic heterocycles. The van der Waals surface area contributed by atoms with Crippen molar-refractivity contribution in [3.63, 3.8) is 0 Å². The molecule has 1 aromatic heterocycles. The van der Waals surface area contributed by atoms with Gasteiger partial charge in [0.2, 0.25) is 5.76 Å². The molecule has 0 bridgehead atoms. The summed E-state index contributed by atoms with van der Waals surface area (Å²) in [6, 6.07) is 14.6. The van der Waals surface area contributed by atoms with E-state index in [1.165, 1.54) is 30.3 Å². The average Bonchev–Trinajstić information content (AvgIpc) is 3.15. The third-order valence-corrected chi connectivity index (χ3v) is 6.19. The van der Waals surface area contributed by atoms with Crippen LogP contribution in [0.3, 0.4) is 0 Å². The molecular formula is C27H19ClF3NO4. The number of anilines is 1. The summed E-state index contributed by atoms with van der Waals surface area (Å²) in [7, 11) is 0. The van der Waals surface area contributed by atoms with Crippen LogP contribution >= 0.6 is 11.6 Å². The lowest BCUT2D eigenvalue weighted by atomic mass is 9.98. The van der Waals surface area contributed by atoms with Gasteiger partial charge >= 0.3 is 6.18 Å². The monoisotopic (exact) mass is 513 g/mol. The summed E-state index contributed by atoms with van der Waals surface area (Å²) in [5.74, 6) is -0.341. The molecule has 0 saturated carbocycles. The normalized spacial score (nSPS) is 15.4. The molecule has 0 aliphatic carbocycles. The van der Waals surface area contributed by atoms with Crippen molar-refractivity contribution in [2.24, 2.45) is 0 Å². The van der Waals surface area contributed by atoms with Gasteiger partial charge in [-0.1, -0.05) is 36.7 Å². The summed E-state index contributed by atoms with van der Waals surface area (Å²) >= 11 is 6.09. The van der Waals surface area contributed by atoms with E-state index in [2.05, 4.69) is 0 Å². The number of benzene rings is 3. The molecule has 0 fully saturated rings. The number of hydrogen-bond donors (Lipinski definition) is 0. The molecule has 0 saturated heterocycles. The quantitative estimate of drug-likeness (QED) is 0.288. The van der Waals surface area contributed by atoms with Crippen LogP contribution in [0.2, 0.25) is 5.02 Å². The molecule has 0 N–H and O–H groups in total. The first-order valence-corrected chi connectivity index (χ1v) is 11.6. The minimum Gasteiger partial charge on any atom is -0.494 e. The smallest absolute Gasteiger partial charge is 0.416 e. The number of carbonyl (C=O) groups excluding carboxylic acids is 1. The number of alkyl halides is 3. The van der Waals surface area contributed by atoms with E-state index in [0.717, 1.165) is 23.5 Å². The Hall–Kier alpha value is -3.78. The largest absolute Gasteiger partial charge is 0.494 e. The Morgan fingerprint density at radius 1 is 1.03 bits per heavy atom. The fourth-order valence-corrected chi connectivity index (χ4v) is 4.50. The molecule has 0 radical (unpaired) electrons. The van der Waals surface area contributed by atoms with E-state index in [0.29, 0.717) is 22.9 Å². The summed E-state index contributed by atoms with van der Waals surface area (Å²) in [5, 5.41) is 0.482. The Balaban J connectivity index is 1.72. The molecule has 4 aromatic rings. The van der Waals surface area contributed by atoms with Gasteiger partial charge in [-0.05, 0) is 60.5 Å². The van der Waals surface area contributed by atoms with Gasteiger partial charge < -0.3 is 9.15 Å². The summed E-state index contributed by atoms with van der Waals surface area (Å²) in [5.41, 5.74) is -0.704. The van der Waals surface area contributed by atoms with Crippen molar-refractivity contribution in [1.29, 1.82) is 0 Å². The van der Waals surface area contributed by atoms with Gasteiger partial charge in [0.05, 0.1) is 29.2 Å². The Bertz CT molecular complexity index is 1530. The molecule has 5 nitrogen and oxygen atoms in total. The molecule has 0 spiro atoms. The first-order valence-electron chi connectivity index (χ1n) is 11.2. The number of nitrogens with zero attached hydrogens (tertiary/aromatic N) is 1. The third kappa shape index (κ3) is 4.11. The first kappa shape index (κ1) is 23.9. The topological polar surface area (TPSA) is 59.8 Å². The van der Waals surface area contributed by atoms with E-state index in [-0.39, 0.29) is 28.0 Å². The van der Waals surface area contributed by atoms with Gasteiger partial charge in [-0.2, -0.15) is 13.2 Å². The van der Waals surface area contributed by atoms with E-state index in [1.54, 1.807) is 24.3 Å². The van der Waals surface area contributed by atoms with Crippen molar-refractivity contribution in [1.82, 2.24) is 0 Å². The molecular weight excluding hydrogens is 495 g/mol. The van der Waals surface area contributed by atoms with Crippen LogP contribution in [-0.4, -0.2) is 12.5 Å². The second-order valence-corrected chi connectivity index (χ2v) is 8.79. The third-order valence-electron chi connectivity index (χ3n) is 5.95. The highest BCUT2D eigenvalue weighted by Crippen LogP contribution is 2.43. The molecule has 9 heteroatoms. The zero-order valence-corrected chi connectivity index (χ0v) is 19.7. The maximum Gasteiger partial charge on any atom is 0.416 e. The molecule has 36 heavy (non-hydrogen) atoms. The number of amides is 1.